The Kier molecular flexibility index (Phi) is 8.51. The van der Waals surface area contributed by atoms with Gasteiger partial charge >= 0.3 is 0 Å². The smallest absolute Gasteiger partial charge is 0.0351 e. The molecule has 0 spiro atoms. The van der Waals surface area contributed by atoms with E-state index in [9.17, 15) is 0 Å². The van der Waals surface area contributed by atoms with Crippen molar-refractivity contribution in [3.8, 4) is 0 Å². The number of allylic oxidation sites excluding steroid dienone is 2. The molecule has 0 saturated heterocycles. The molecule has 0 aromatic carbocycles. The molecule has 0 aromatic heterocycles. The summed E-state index contributed by atoms with van der Waals surface area (Å²) >= 11 is 0. The van der Waals surface area contributed by atoms with E-state index in [0.29, 0.717) is 0 Å². The van der Waals surface area contributed by atoms with Crippen molar-refractivity contribution in [2.45, 2.75) is 46.0 Å². The highest BCUT2D eigenvalue weighted by molar-refractivity contribution is 4.80. The lowest BCUT2D eigenvalue weighted by atomic mass is 10.1. The summed E-state index contributed by atoms with van der Waals surface area (Å²) in [6, 6.07) is 0. The van der Waals surface area contributed by atoms with Crippen LogP contribution in [-0.4, -0.2) is 0 Å². The van der Waals surface area contributed by atoms with Crippen LogP contribution >= 0.6 is 0 Å². The van der Waals surface area contributed by atoms with E-state index in [-0.39, 0.29) is 0 Å². The molecule has 0 fully saturated rings. The summed E-state index contributed by atoms with van der Waals surface area (Å²) < 4.78 is 0. The molecule has 0 aliphatic carbocycles. The molecule has 0 unspecified atom stereocenters. The van der Waals surface area contributed by atoms with Gasteiger partial charge in [-0.1, -0.05) is 32.4 Å². The van der Waals surface area contributed by atoms with Gasteiger partial charge in [-0.15, -0.1) is 0 Å². The summed E-state index contributed by atoms with van der Waals surface area (Å²) in [5.41, 5.74) is 0. The van der Waals surface area contributed by atoms with E-state index in [4.69, 9.17) is 0 Å². The molecular formula is C10H19. The predicted octanol–water partition coefficient (Wildman–Crippen LogP) is 3.74. The minimum atomic E-state index is 1.18. The lowest BCUT2D eigenvalue weighted by Gasteiger charge is -1.92. The van der Waals surface area contributed by atoms with Gasteiger partial charge in [0.2, 0.25) is 0 Å². The largest absolute Gasteiger partial charge is 0.0888 e. The summed E-state index contributed by atoms with van der Waals surface area (Å²) in [5, 5.41) is 0. The molecule has 0 N–H and O–H groups in total. The summed E-state index contributed by atoms with van der Waals surface area (Å²) in [5.74, 6) is 0. The molecule has 0 saturated carbocycles. The zero-order valence-electron chi connectivity index (χ0n) is 7.27. The molecule has 0 nitrogen and oxygen atoms in total. The molecule has 1 radical (unpaired) electrons. The normalized spacial score (nSPS) is 11.0. The molecule has 0 bridgehead atoms. The molecule has 0 rings (SSSR count). The first kappa shape index (κ1) is 9.74. The molecule has 0 aliphatic heterocycles. The number of unbranched alkanes of at least 4 members (excludes halogenated alkanes) is 4. The Morgan fingerprint density at radius 3 is 2.30 bits per heavy atom. The van der Waals surface area contributed by atoms with Gasteiger partial charge < -0.3 is 0 Å². The first-order valence-corrected chi connectivity index (χ1v) is 4.38. The maximum absolute atomic E-state index is 2.35. The van der Waals surface area contributed by atoms with Gasteiger partial charge in [-0.2, -0.15) is 0 Å². The second-order valence-corrected chi connectivity index (χ2v) is 2.51. The standard InChI is InChI=1S/C10H19/c1-3-5-7-9-10-8-6-4-2/h5-7H,3-4,8-10H2,1-2H3. The van der Waals surface area contributed by atoms with Crippen LogP contribution in [0.5, 0.6) is 0 Å². The molecule has 0 amide bonds. The van der Waals surface area contributed by atoms with Gasteiger partial charge in [0.25, 0.3) is 0 Å². The van der Waals surface area contributed by atoms with E-state index in [2.05, 4.69) is 32.4 Å². The Hall–Kier alpha value is -0.260. The lowest BCUT2D eigenvalue weighted by molar-refractivity contribution is 0.796. The van der Waals surface area contributed by atoms with Crippen LogP contribution in [0.3, 0.4) is 0 Å². The summed E-state index contributed by atoms with van der Waals surface area (Å²) in [4.78, 5) is 0. The van der Waals surface area contributed by atoms with E-state index in [1.807, 2.05) is 0 Å². The van der Waals surface area contributed by atoms with Crippen LogP contribution in [0.4, 0.5) is 0 Å². The quantitative estimate of drug-likeness (QED) is 0.388. The molecule has 10 heavy (non-hydrogen) atoms. The van der Waals surface area contributed by atoms with Crippen LogP contribution < -0.4 is 0 Å². The third kappa shape index (κ3) is 7.74. The Morgan fingerprint density at radius 2 is 1.70 bits per heavy atom. The van der Waals surface area contributed by atoms with Crippen molar-refractivity contribution in [2.75, 3.05) is 0 Å². The number of hydrogen-bond acceptors (Lipinski definition) is 0. The average molecular weight is 139 g/mol. The number of hydrogen-bond donors (Lipinski definition) is 0. The molecule has 0 heteroatoms. The Labute approximate surface area is 65.3 Å². The number of rotatable bonds is 6. The van der Waals surface area contributed by atoms with E-state index >= 15 is 0 Å². The van der Waals surface area contributed by atoms with Gasteiger partial charge in [0.15, 0.2) is 0 Å². The van der Waals surface area contributed by atoms with Crippen LogP contribution in [-0.2, 0) is 0 Å². The van der Waals surface area contributed by atoms with Crippen molar-refractivity contribution in [1.29, 1.82) is 0 Å². The van der Waals surface area contributed by atoms with E-state index in [1.165, 1.54) is 32.1 Å². The van der Waals surface area contributed by atoms with Crippen molar-refractivity contribution in [2.24, 2.45) is 0 Å². The lowest BCUT2D eigenvalue weighted by Crippen LogP contribution is -1.74. The molecule has 0 atom stereocenters. The molecule has 0 heterocycles. The van der Waals surface area contributed by atoms with Gasteiger partial charge in [0, 0.05) is 0 Å². The van der Waals surface area contributed by atoms with Gasteiger partial charge in [0.05, 0.1) is 0 Å². The zero-order chi connectivity index (χ0) is 7.66. The molecular weight excluding hydrogens is 120 g/mol. The Morgan fingerprint density at radius 1 is 0.900 bits per heavy atom. The monoisotopic (exact) mass is 139 g/mol. The van der Waals surface area contributed by atoms with Crippen molar-refractivity contribution < 1.29 is 0 Å². The first-order chi connectivity index (χ1) is 4.91. The SMILES string of the molecule is CC[CH]CCCC=CCC. The minimum Gasteiger partial charge on any atom is -0.0888 e. The average Bonchev–Trinajstić information content (AvgIpc) is 1.97. The summed E-state index contributed by atoms with van der Waals surface area (Å²) in [6.07, 6.45) is 13.1. The second-order valence-electron chi connectivity index (χ2n) is 2.51. The zero-order valence-corrected chi connectivity index (χ0v) is 7.27. The highest BCUT2D eigenvalue weighted by atomic mass is 13.9. The Balaban J connectivity index is 2.83. The van der Waals surface area contributed by atoms with Gasteiger partial charge in [-0.25, -0.2) is 0 Å². The van der Waals surface area contributed by atoms with Crippen LogP contribution in [0.1, 0.15) is 46.0 Å². The molecule has 59 valence electrons. The Bertz CT molecular complexity index is 72.1. The van der Waals surface area contributed by atoms with Crippen molar-refractivity contribution in [3.05, 3.63) is 18.6 Å². The topological polar surface area (TPSA) is 0 Å². The van der Waals surface area contributed by atoms with Gasteiger partial charge in [0.1, 0.15) is 0 Å². The van der Waals surface area contributed by atoms with Crippen LogP contribution in [0.15, 0.2) is 12.2 Å². The van der Waals surface area contributed by atoms with Crippen LogP contribution in [0, 0.1) is 6.42 Å². The van der Waals surface area contributed by atoms with Gasteiger partial charge in [-0.3, -0.25) is 0 Å². The maximum Gasteiger partial charge on any atom is -0.0351 e. The highest BCUT2D eigenvalue weighted by Crippen LogP contribution is 2.01. The summed E-state index contributed by atoms with van der Waals surface area (Å²) in [6.45, 7) is 4.37. The van der Waals surface area contributed by atoms with Gasteiger partial charge in [-0.05, 0) is 32.1 Å². The van der Waals surface area contributed by atoms with E-state index in [0.717, 1.165) is 0 Å². The highest BCUT2D eigenvalue weighted by Gasteiger charge is 1.83. The fourth-order valence-electron chi connectivity index (χ4n) is 0.869. The van der Waals surface area contributed by atoms with E-state index in [1.54, 1.807) is 0 Å². The van der Waals surface area contributed by atoms with Crippen LogP contribution in [0.25, 0.3) is 0 Å². The minimum absolute atomic E-state index is 1.18. The predicted molar refractivity (Wildman–Crippen MR) is 47.9 cm³/mol. The van der Waals surface area contributed by atoms with Crippen molar-refractivity contribution in [3.63, 3.8) is 0 Å². The third-order valence-electron chi connectivity index (χ3n) is 1.47. The summed E-state index contributed by atoms with van der Waals surface area (Å²) in [7, 11) is 0. The third-order valence-corrected chi connectivity index (χ3v) is 1.47. The molecule has 0 aromatic rings. The van der Waals surface area contributed by atoms with Crippen LogP contribution in [0.2, 0.25) is 0 Å². The van der Waals surface area contributed by atoms with E-state index < -0.39 is 0 Å². The molecule has 0 aliphatic rings. The fraction of sp³-hybridized carbons (Fsp3) is 0.700. The van der Waals surface area contributed by atoms with Crippen molar-refractivity contribution >= 4 is 0 Å². The second kappa shape index (κ2) is 8.74. The van der Waals surface area contributed by atoms with Crippen molar-refractivity contribution in [1.82, 2.24) is 0 Å². The first-order valence-electron chi connectivity index (χ1n) is 4.38. The fourth-order valence-corrected chi connectivity index (χ4v) is 0.869. The maximum atomic E-state index is 2.35.